The zero-order chi connectivity index (χ0) is 20.6. The zero-order valence-electron chi connectivity index (χ0n) is 16.9. The van der Waals surface area contributed by atoms with Gasteiger partial charge in [0.15, 0.2) is 0 Å². The highest BCUT2D eigenvalue weighted by molar-refractivity contribution is 6.04. The summed E-state index contributed by atoms with van der Waals surface area (Å²) in [6, 6.07) is 6.88. The predicted octanol–water partition coefficient (Wildman–Crippen LogP) is 2.50. The molecule has 1 atom stereocenters. The molecule has 0 radical (unpaired) electrons. The molecule has 1 aliphatic carbocycles. The summed E-state index contributed by atoms with van der Waals surface area (Å²) in [5.41, 5.74) is 1.83. The number of hydrogen-bond donors (Lipinski definition) is 3. The van der Waals surface area contributed by atoms with Crippen LogP contribution in [0.1, 0.15) is 35.8 Å². The Morgan fingerprint density at radius 2 is 2.14 bits per heavy atom. The molecule has 0 saturated heterocycles. The predicted molar refractivity (Wildman–Crippen MR) is 110 cm³/mol. The average molecular weight is 400 g/mol. The van der Waals surface area contributed by atoms with Gasteiger partial charge in [-0.2, -0.15) is 0 Å². The molecule has 0 bridgehead atoms. The Morgan fingerprint density at radius 1 is 1.31 bits per heavy atom. The summed E-state index contributed by atoms with van der Waals surface area (Å²) in [7, 11) is 1.56. The Kier molecular flexibility index (Phi) is 7.37. The van der Waals surface area contributed by atoms with Crippen molar-refractivity contribution < 1.29 is 19.4 Å². The van der Waals surface area contributed by atoms with Crippen molar-refractivity contribution in [2.45, 2.75) is 32.3 Å². The molecule has 156 valence electrons. The SMILES string of the molecule is CCc1nc(OC)ccc1NC(=O)c1ccc(NCC(O)COCC2CC2)nc1. The van der Waals surface area contributed by atoms with Gasteiger partial charge < -0.3 is 25.2 Å². The Labute approximate surface area is 170 Å². The minimum atomic E-state index is -0.603. The second-order valence-corrected chi connectivity index (χ2v) is 7.10. The van der Waals surface area contributed by atoms with Crippen LogP contribution in [0.15, 0.2) is 30.5 Å². The maximum absolute atomic E-state index is 12.5. The number of rotatable bonds is 11. The molecule has 3 N–H and O–H groups in total. The lowest BCUT2D eigenvalue weighted by atomic mass is 10.2. The van der Waals surface area contributed by atoms with E-state index in [9.17, 15) is 9.90 Å². The van der Waals surface area contributed by atoms with Crippen LogP contribution in [0.5, 0.6) is 5.88 Å². The van der Waals surface area contributed by atoms with E-state index < -0.39 is 6.10 Å². The van der Waals surface area contributed by atoms with Crippen LogP contribution in [0.4, 0.5) is 11.5 Å². The van der Waals surface area contributed by atoms with E-state index in [2.05, 4.69) is 20.6 Å². The molecule has 29 heavy (non-hydrogen) atoms. The van der Waals surface area contributed by atoms with Crippen molar-refractivity contribution in [3.63, 3.8) is 0 Å². The van der Waals surface area contributed by atoms with Crippen molar-refractivity contribution in [2.24, 2.45) is 5.92 Å². The van der Waals surface area contributed by atoms with Crippen LogP contribution in [0.2, 0.25) is 0 Å². The first-order valence-corrected chi connectivity index (χ1v) is 9.90. The minimum absolute atomic E-state index is 0.265. The second-order valence-electron chi connectivity index (χ2n) is 7.10. The normalized spacial score (nSPS) is 14.3. The van der Waals surface area contributed by atoms with Crippen molar-refractivity contribution in [2.75, 3.05) is 37.5 Å². The standard InChI is InChI=1S/C21H28N4O4/c1-3-17-18(7-9-20(24-17)28-2)25-21(27)15-6-8-19(22-10-15)23-11-16(26)13-29-12-14-4-5-14/h6-10,14,16,26H,3-5,11-13H2,1-2H3,(H,22,23)(H,25,27). The number of hydrogen-bond acceptors (Lipinski definition) is 7. The van der Waals surface area contributed by atoms with E-state index in [4.69, 9.17) is 9.47 Å². The second kappa shape index (κ2) is 10.2. The number of carbonyl (C=O) groups excluding carboxylic acids is 1. The Morgan fingerprint density at radius 3 is 2.79 bits per heavy atom. The van der Waals surface area contributed by atoms with Gasteiger partial charge in [-0.3, -0.25) is 4.79 Å². The van der Waals surface area contributed by atoms with Crippen LogP contribution < -0.4 is 15.4 Å². The highest BCUT2D eigenvalue weighted by Crippen LogP contribution is 2.28. The fourth-order valence-corrected chi connectivity index (χ4v) is 2.74. The van der Waals surface area contributed by atoms with Gasteiger partial charge in [0.1, 0.15) is 5.82 Å². The van der Waals surface area contributed by atoms with Gasteiger partial charge in [0.2, 0.25) is 5.88 Å². The summed E-state index contributed by atoms with van der Waals surface area (Å²) in [6.07, 6.45) is 4.02. The third-order valence-electron chi connectivity index (χ3n) is 4.65. The topological polar surface area (TPSA) is 106 Å². The number of nitrogens with zero attached hydrogens (tertiary/aromatic N) is 2. The molecule has 1 amide bonds. The van der Waals surface area contributed by atoms with Crippen LogP contribution in [0.25, 0.3) is 0 Å². The summed E-state index contributed by atoms with van der Waals surface area (Å²) < 4.78 is 10.6. The highest BCUT2D eigenvalue weighted by Gasteiger charge is 2.21. The van der Waals surface area contributed by atoms with Gasteiger partial charge in [-0.25, -0.2) is 9.97 Å². The monoisotopic (exact) mass is 400 g/mol. The largest absolute Gasteiger partial charge is 0.481 e. The summed E-state index contributed by atoms with van der Waals surface area (Å²) in [5.74, 6) is 1.51. The third kappa shape index (κ3) is 6.40. The molecular formula is C21H28N4O4. The number of pyridine rings is 2. The van der Waals surface area contributed by atoms with Crippen LogP contribution in [0.3, 0.4) is 0 Å². The average Bonchev–Trinajstić information content (AvgIpc) is 3.57. The van der Waals surface area contributed by atoms with Gasteiger partial charge in [0.25, 0.3) is 5.91 Å². The fourth-order valence-electron chi connectivity index (χ4n) is 2.74. The van der Waals surface area contributed by atoms with Crippen molar-refractivity contribution in [3.8, 4) is 5.88 Å². The smallest absolute Gasteiger partial charge is 0.257 e. The molecule has 2 heterocycles. The first-order valence-electron chi connectivity index (χ1n) is 9.90. The van der Waals surface area contributed by atoms with Gasteiger partial charge in [0, 0.05) is 25.4 Å². The van der Waals surface area contributed by atoms with E-state index in [1.54, 1.807) is 31.4 Å². The lowest BCUT2D eigenvalue weighted by Crippen LogP contribution is -2.25. The molecule has 0 spiro atoms. The number of nitrogens with one attached hydrogen (secondary N) is 2. The molecule has 2 aromatic rings. The number of aliphatic hydroxyl groups excluding tert-OH is 1. The van der Waals surface area contributed by atoms with Crippen LogP contribution in [-0.4, -0.2) is 54.0 Å². The first kappa shape index (κ1) is 21.0. The van der Waals surface area contributed by atoms with Crippen LogP contribution >= 0.6 is 0 Å². The molecule has 1 saturated carbocycles. The number of ether oxygens (including phenoxy) is 2. The number of amides is 1. The molecular weight excluding hydrogens is 372 g/mol. The van der Waals surface area contributed by atoms with E-state index in [1.807, 2.05) is 6.92 Å². The van der Waals surface area contributed by atoms with E-state index in [-0.39, 0.29) is 5.91 Å². The van der Waals surface area contributed by atoms with Gasteiger partial charge in [-0.1, -0.05) is 6.92 Å². The lowest BCUT2D eigenvalue weighted by molar-refractivity contribution is 0.0386. The molecule has 1 aliphatic rings. The van der Waals surface area contributed by atoms with Gasteiger partial charge in [-0.15, -0.1) is 0 Å². The summed E-state index contributed by atoms with van der Waals surface area (Å²) >= 11 is 0. The fraction of sp³-hybridized carbons (Fsp3) is 0.476. The maximum Gasteiger partial charge on any atom is 0.257 e. The molecule has 8 heteroatoms. The number of aliphatic hydroxyl groups is 1. The molecule has 2 aromatic heterocycles. The summed E-state index contributed by atoms with van der Waals surface area (Å²) in [6.45, 7) is 3.33. The van der Waals surface area contributed by atoms with Crippen molar-refractivity contribution in [1.82, 2.24) is 9.97 Å². The summed E-state index contributed by atoms with van der Waals surface area (Å²) in [4.78, 5) is 21.1. The Hall–Kier alpha value is -2.71. The Bertz CT molecular complexity index is 809. The number of aryl methyl sites for hydroxylation is 1. The zero-order valence-corrected chi connectivity index (χ0v) is 16.9. The number of carbonyl (C=O) groups is 1. The molecule has 1 unspecified atom stereocenters. The Balaban J connectivity index is 1.49. The van der Waals surface area contributed by atoms with E-state index in [0.717, 1.165) is 12.3 Å². The maximum atomic E-state index is 12.5. The van der Waals surface area contributed by atoms with Gasteiger partial charge >= 0.3 is 0 Å². The van der Waals surface area contributed by atoms with E-state index >= 15 is 0 Å². The third-order valence-corrected chi connectivity index (χ3v) is 4.65. The number of anilines is 2. The van der Waals surface area contributed by atoms with E-state index in [1.165, 1.54) is 19.0 Å². The molecule has 8 nitrogen and oxygen atoms in total. The van der Waals surface area contributed by atoms with Crippen molar-refractivity contribution >= 4 is 17.4 Å². The molecule has 1 fully saturated rings. The summed E-state index contributed by atoms with van der Waals surface area (Å²) in [5, 5.41) is 15.9. The van der Waals surface area contributed by atoms with E-state index in [0.29, 0.717) is 48.4 Å². The quantitative estimate of drug-likeness (QED) is 0.532. The number of methoxy groups -OCH3 is 1. The van der Waals surface area contributed by atoms with Gasteiger partial charge in [-0.05, 0) is 43.4 Å². The highest BCUT2D eigenvalue weighted by atomic mass is 16.5. The van der Waals surface area contributed by atoms with Crippen molar-refractivity contribution in [3.05, 3.63) is 41.7 Å². The number of aromatic nitrogens is 2. The van der Waals surface area contributed by atoms with Gasteiger partial charge in [0.05, 0.1) is 36.8 Å². The van der Waals surface area contributed by atoms with Crippen molar-refractivity contribution in [1.29, 1.82) is 0 Å². The molecule has 3 rings (SSSR count). The minimum Gasteiger partial charge on any atom is -0.481 e. The molecule has 0 aliphatic heterocycles. The molecule has 0 aromatic carbocycles. The first-order chi connectivity index (χ1) is 14.1. The van der Waals surface area contributed by atoms with Crippen LogP contribution in [-0.2, 0) is 11.2 Å². The lowest BCUT2D eigenvalue weighted by Gasteiger charge is -2.13. The van der Waals surface area contributed by atoms with Crippen LogP contribution in [0, 0.1) is 5.92 Å².